The number of piperidine rings is 1. The van der Waals surface area contributed by atoms with Gasteiger partial charge in [-0.1, -0.05) is 11.6 Å². The zero-order chi connectivity index (χ0) is 15.5. The van der Waals surface area contributed by atoms with Gasteiger partial charge in [0.15, 0.2) is 0 Å². The second-order valence-electron chi connectivity index (χ2n) is 7.11. The van der Waals surface area contributed by atoms with Crippen LogP contribution in [-0.4, -0.2) is 30.1 Å². The van der Waals surface area contributed by atoms with E-state index in [-0.39, 0.29) is 11.4 Å². The molecule has 1 fully saturated rings. The van der Waals surface area contributed by atoms with Gasteiger partial charge in [0.2, 0.25) is 0 Å². The van der Waals surface area contributed by atoms with Gasteiger partial charge in [-0.2, -0.15) is 0 Å². The summed E-state index contributed by atoms with van der Waals surface area (Å²) in [5.74, 6) is 0.481. The fourth-order valence-corrected chi connectivity index (χ4v) is 3.01. The monoisotopic (exact) mass is 312 g/mol. The quantitative estimate of drug-likeness (QED) is 0.901. The molecule has 1 atom stereocenters. The number of nitrogens with one attached hydrogen (secondary N) is 1. The van der Waals surface area contributed by atoms with E-state index >= 15 is 0 Å². The van der Waals surface area contributed by atoms with Crippen LogP contribution in [0.25, 0.3) is 0 Å². The lowest BCUT2D eigenvalue weighted by molar-refractivity contribution is 0.158. The molecule has 1 saturated heterocycles. The average Bonchev–Trinajstić information content (AvgIpc) is 2.40. The Labute approximate surface area is 132 Å². The second-order valence-corrected chi connectivity index (χ2v) is 7.55. The number of rotatable bonds is 4. The highest BCUT2D eigenvalue weighted by molar-refractivity contribution is 6.30. The molecule has 0 aromatic heterocycles. The summed E-state index contributed by atoms with van der Waals surface area (Å²) in [4.78, 5) is 2.34. The Morgan fingerprint density at radius 1 is 1.38 bits per heavy atom. The molecule has 118 valence electrons. The number of hydrogen-bond donors (Lipinski definition) is 1. The summed E-state index contributed by atoms with van der Waals surface area (Å²) < 4.78 is 13.8. The minimum absolute atomic E-state index is 0.154. The maximum absolute atomic E-state index is 13.8. The molecule has 2 nitrogen and oxygen atoms in total. The van der Waals surface area contributed by atoms with Crippen LogP contribution in [0.2, 0.25) is 5.02 Å². The van der Waals surface area contributed by atoms with Gasteiger partial charge in [0.25, 0.3) is 0 Å². The second kappa shape index (κ2) is 7.08. The fraction of sp³-hybridized carbons (Fsp3) is 0.647. The van der Waals surface area contributed by atoms with E-state index in [1.165, 1.54) is 18.9 Å². The number of likely N-dealkylation sites (tertiary alicyclic amines) is 1. The van der Waals surface area contributed by atoms with Crippen molar-refractivity contribution < 1.29 is 4.39 Å². The van der Waals surface area contributed by atoms with E-state index in [0.29, 0.717) is 23.0 Å². The third-order valence-corrected chi connectivity index (χ3v) is 4.16. The average molecular weight is 313 g/mol. The lowest BCUT2D eigenvalue weighted by Crippen LogP contribution is -2.44. The van der Waals surface area contributed by atoms with Crippen molar-refractivity contribution in [1.29, 1.82) is 0 Å². The molecule has 0 aliphatic carbocycles. The zero-order valence-electron chi connectivity index (χ0n) is 13.3. The summed E-state index contributed by atoms with van der Waals surface area (Å²) in [6.07, 6.45) is 2.43. The van der Waals surface area contributed by atoms with Gasteiger partial charge < -0.3 is 5.32 Å². The molecule has 21 heavy (non-hydrogen) atoms. The molecule has 1 aromatic carbocycles. The molecule has 1 aliphatic heterocycles. The molecule has 4 heteroatoms. The molecular formula is C17H26ClFN2. The molecule has 0 bridgehead atoms. The minimum Gasteiger partial charge on any atom is -0.312 e. The predicted octanol–water partition coefficient (Wildman–Crippen LogP) is 4.08. The van der Waals surface area contributed by atoms with Crippen molar-refractivity contribution in [2.24, 2.45) is 5.92 Å². The van der Waals surface area contributed by atoms with Crippen molar-refractivity contribution in [3.8, 4) is 0 Å². The molecule has 1 heterocycles. The molecule has 2 rings (SSSR count). The Balaban J connectivity index is 1.90. The van der Waals surface area contributed by atoms with E-state index in [0.717, 1.165) is 19.6 Å². The van der Waals surface area contributed by atoms with Crippen molar-refractivity contribution in [3.63, 3.8) is 0 Å². The molecule has 1 unspecified atom stereocenters. The Hall–Kier alpha value is -0.640. The SMILES string of the molecule is CC(C)(C)NCC1CCCN(Cc2cc(Cl)ccc2F)C1. The van der Waals surface area contributed by atoms with Crippen LogP contribution in [0, 0.1) is 11.7 Å². The van der Waals surface area contributed by atoms with E-state index < -0.39 is 0 Å². The summed E-state index contributed by atoms with van der Waals surface area (Å²) in [5, 5.41) is 4.18. The maximum atomic E-state index is 13.8. The van der Waals surface area contributed by atoms with E-state index in [1.807, 2.05) is 0 Å². The summed E-state index contributed by atoms with van der Waals surface area (Å²) in [7, 11) is 0. The highest BCUT2D eigenvalue weighted by Crippen LogP contribution is 2.21. The number of nitrogens with zero attached hydrogens (tertiary/aromatic N) is 1. The largest absolute Gasteiger partial charge is 0.312 e. The van der Waals surface area contributed by atoms with E-state index in [9.17, 15) is 4.39 Å². The van der Waals surface area contributed by atoms with Gasteiger partial charge in [0.05, 0.1) is 0 Å². The first kappa shape index (κ1) is 16.7. The number of halogens is 2. The lowest BCUT2D eigenvalue weighted by Gasteiger charge is -2.34. The van der Waals surface area contributed by atoms with Crippen molar-refractivity contribution in [1.82, 2.24) is 10.2 Å². The Kier molecular flexibility index (Phi) is 5.64. The molecule has 1 aliphatic rings. The molecular weight excluding hydrogens is 287 g/mol. The summed E-state index contributed by atoms with van der Waals surface area (Å²) in [6, 6.07) is 4.81. The number of benzene rings is 1. The highest BCUT2D eigenvalue weighted by Gasteiger charge is 2.22. The smallest absolute Gasteiger partial charge is 0.127 e. The van der Waals surface area contributed by atoms with Crippen molar-refractivity contribution in [2.45, 2.75) is 45.7 Å². The van der Waals surface area contributed by atoms with E-state index in [2.05, 4.69) is 31.0 Å². The topological polar surface area (TPSA) is 15.3 Å². The molecule has 0 amide bonds. The summed E-state index contributed by atoms with van der Waals surface area (Å²) in [5.41, 5.74) is 0.855. The normalized spacial score (nSPS) is 20.7. The van der Waals surface area contributed by atoms with Gasteiger partial charge in [-0.15, -0.1) is 0 Å². The van der Waals surface area contributed by atoms with E-state index in [1.54, 1.807) is 12.1 Å². The zero-order valence-corrected chi connectivity index (χ0v) is 14.0. The Morgan fingerprint density at radius 2 is 2.14 bits per heavy atom. The van der Waals surface area contributed by atoms with Gasteiger partial charge in [-0.25, -0.2) is 4.39 Å². The van der Waals surface area contributed by atoms with Gasteiger partial charge in [-0.3, -0.25) is 4.90 Å². The number of hydrogen-bond acceptors (Lipinski definition) is 2. The highest BCUT2D eigenvalue weighted by atomic mass is 35.5. The standard InChI is InChI=1S/C17H26ClFN2/c1-17(2,3)20-10-13-5-4-8-21(11-13)12-14-9-15(18)6-7-16(14)19/h6-7,9,13,20H,4-5,8,10-12H2,1-3H3. The van der Waals surface area contributed by atoms with Crippen LogP contribution in [0.15, 0.2) is 18.2 Å². The van der Waals surface area contributed by atoms with Gasteiger partial charge >= 0.3 is 0 Å². The molecule has 0 spiro atoms. The molecule has 0 saturated carbocycles. The predicted molar refractivity (Wildman–Crippen MR) is 87.2 cm³/mol. The first-order valence-corrected chi connectivity index (χ1v) is 8.12. The van der Waals surface area contributed by atoms with Gasteiger partial charge in [0, 0.05) is 29.2 Å². The van der Waals surface area contributed by atoms with Crippen LogP contribution in [0.3, 0.4) is 0 Å². The molecule has 1 aromatic rings. The van der Waals surface area contributed by atoms with Crippen molar-refractivity contribution >= 4 is 11.6 Å². The van der Waals surface area contributed by atoms with Gasteiger partial charge in [-0.05, 0) is 70.8 Å². The van der Waals surface area contributed by atoms with Crippen LogP contribution < -0.4 is 5.32 Å². The third kappa shape index (κ3) is 5.57. The van der Waals surface area contributed by atoms with Crippen molar-refractivity contribution in [2.75, 3.05) is 19.6 Å². The lowest BCUT2D eigenvalue weighted by atomic mass is 9.96. The fourth-order valence-electron chi connectivity index (χ4n) is 2.82. The third-order valence-electron chi connectivity index (χ3n) is 3.93. The van der Waals surface area contributed by atoms with Crippen LogP contribution in [0.4, 0.5) is 4.39 Å². The Morgan fingerprint density at radius 3 is 2.86 bits per heavy atom. The van der Waals surface area contributed by atoms with Crippen LogP contribution >= 0.6 is 11.6 Å². The van der Waals surface area contributed by atoms with E-state index in [4.69, 9.17) is 11.6 Å². The van der Waals surface area contributed by atoms with Gasteiger partial charge in [0.1, 0.15) is 5.82 Å². The van der Waals surface area contributed by atoms with Crippen LogP contribution in [0.5, 0.6) is 0 Å². The van der Waals surface area contributed by atoms with Crippen molar-refractivity contribution in [3.05, 3.63) is 34.6 Å². The van der Waals surface area contributed by atoms with Crippen LogP contribution in [-0.2, 0) is 6.54 Å². The summed E-state index contributed by atoms with van der Waals surface area (Å²) >= 11 is 5.97. The molecule has 0 radical (unpaired) electrons. The summed E-state index contributed by atoms with van der Waals surface area (Å²) in [6.45, 7) is 10.3. The minimum atomic E-state index is -0.158. The van der Waals surface area contributed by atoms with Crippen LogP contribution in [0.1, 0.15) is 39.2 Å². The Bertz CT molecular complexity index is 470. The first-order valence-electron chi connectivity index (χ1n) is 7.75. The first-order chi connectivity index (χ1) is 9.83. The molecule has 1 N–H and O–H groups in total. The maximum Gasteiger partial charge on any atom is 0.127 e.